The topological polar surface area (TPSA) is 26.3 Å². The fourth-order valence-corrected chi connectivity index (χ4v) is 1.92. The minimum absolute atomic E-state index is 0.0580. The van der Waals surface area contributed by atoms with E-state index >= 15 is 0 Å². The van der Waals surface area contributed by atoms with Gasteiger partial charge in [-0.15, -0.1) is 0 Å². The van der Waals surface area contributed by atoms with Crippen LogP contribution in [-0.2, 0) is 10.9 Å². The molecule has 1 rings (SSSR count). The summed E-state index contributed by atoms with van der Waals surface area (Å²) in [5.74, 6) is -0.784. The highest BCUT2D eigenvalue weighted by molar-refractivity contribution is 9.10. The number of ether oxygens (including phenoxy) is 1. The van der Waals surface area contributed by atoms with Gasteiger partial charge in [0.2, 0.25) is 0 Å². The van der Waals surface area contributed by atoms with E-state index in [1.54, 1.807) is 6.92 Å². The summed E-state index contributed by atoms with van der Waals surface area (Å²) in [6, 6.07) is 0.821. The lowest BCUT2D eigenvalue weighted by molar-refractivity contribution is -0.138. The molecule has 0 saturated heterocycles. The minimum Gasteiger partial charge on any atom is -0.465 e. The molecule has 0 spiro atoms. The van der Waals surface area contributed by atoms with Gasteiger partial charge in [0.05, 0.1) is 18.2 Å². The Morgan fingerprint density at radius 3 is 2.24 bits per heavy atom. The summed E-state index contributed by atoms with van der Waals surface area (Å²) in [7, 11) is 1.13. The van der Waals surface area contributed by atoms with Gasteiger partial charge in [0, 0.05) is 4.47 Å². The number of carbonyl (C=O) groups is 1. The Kier molecular flexibility index (Phi) is 3.86. The van der Waals surface area contributed by atoms with E-state index in [0.717, 1.165) is 13.2 Å². The first-order valence-electron chi connectivity index (χ1n) is 4.65. The van der Waals surface area contributed by atoms with Crippen molar-refractivity contribution in [1.82, 2.24) is 0 Å². The third-order valence-corrected chi connectivity index (χ3v) is 3.66. The van der Waals surface area contributed by atoms with Gasteiger partial charge in [-0.05, 0) is 31.0 Å². The van der Waals surface area contributed by atoms with Gasteiger partial charge in [0.25, 0.3) is 0 Å². The second-order valence-corrected chi connectivity index (χ2v) is 4.32. The maximum absolute atomic E-state index is 12.7. The minimum atomic E-state index is -4.50. The van der Waals surface area contributed by atoms with Gasteiger partial charge in [-0.3, -0.25) is 0 Å². The molecule has 0 aromatic heterocycles. The Hall–Kier alpha value is -1.04. The number of alkyl halides is 3. The Morgan fingerprint density at radius 2 is 1.82 bits per heavy atom. The molecule has 0 saturated carbocycles. The fraction of sp³-hybridized carbons (Fsp3) is 0.364. The number of halogens is 4. The van der Waals surface area contributed by atoms with Crippen molar-refractivity contribution in [3.05, 3.63) is 32.8 Å². The molecular formula is C11H10BrF3O2. The molecule has 94 valence electrons. The molecule has 0 heterocycles. The maximum atomic E-state index is 12.7. The van der Waals surface area contributed by atoms with Crippen molar-refractivity contribution in [2.24, 2.45) is 0 Å². The molecule has 0 fully saturated rings. The zero-order valence-corrected chi connectivity index (χ0v) is 11.0. The molecule has 1 aromatic rings. The number of rotatable bonds is 1. The van der Waals surface area contributed by atoms with Gasteiger partial charge in [0.15, 0.2) is 0 Å². The number of carbonyl (C=O) groups excluding carboxylic acids is 1. The van der Waals surface area contributed by atoms with Crippen LogP contribution in [0.3, 0.4) is 0 Å². The maximum Gasteiger partial charge on any atom is 0.416 e. The van der Waals surface area contributed by atoms with Gasteiger partial charge in [-0.25, -0.2) is 4.79 Å². The summed E-state index contributed by atoms with van der Waals surface area (Å²) in [6.07, 6.45) is -4.50. The van der Waals surface area contributed by atoms with E-state index in [0.29, 0.717) is 5.56 Å². The van der Waals surface area contributed by atoms with Crippen LogP contribution in [0, 0.1) is 13.8 Å². The summed E-state index contributed by atoms with van der Waals surface area (Å²) in [5.41, 5.74) is -0.433. The number of methoxy groups -OCH3 is 1. The average Bonchev–Trinajstić information content (AvgIpc) is 2.23. The summed E-state index contributed by atoms with van der Waals surface area (Å²) in [6.45, 7) is 2.91. The van der Waals surface area contributed by atoms with Crippen molar-refractivity contribution in [3.63, 3.8) is 0 Å². The normalized spacial score (nSPS) is 11.5. The molecule has 0 aliphatic heterocycles. The molecule has 0 N–H and O–H groups in total. The monoisotopic (exact) mass is 310 g/mol. The number of esters is 1. The highest BCUT2D eigenvalue weighted by Crippen LogP contribution is 2.37. The van der Waals surface area contributed by atoms with Crippen molar-refractivity contribution in [1.29, 1.82) is 0 Å². The van der Waals surface area contributed by atoms with Crippen LogP contribution in [0.1, 0.15) is 27.0 Å². The van der Waals surface area contributed by atoms with Gasteiger partial charge in [-0.2, -0.15) is 13.2 Å². The van der Waals surface area contributed by atoms with Crippen LogP contribution in [-0.4, -0.2) is 13.1 Å². The molecule has 0 atom stereocenters. The standard InChI is InChI=1S/C11H10BrF3O2/c1-5-7(10(16)17-3)4-8(11(13,14)15)6(2)9(5)12/h4H,1-3H3. The zero-order chi connectivity index (χ0) is 13.4. The Bertz CT molecular complexity index is 467. The van der Waals surface area contributed by atoms with E-state index < -0.39 is 17.7 Å². The molecule has 0 unspecified atom stereocenters. The third-order valence-electron chi connectivity index (χ3n) is 2.47. The molecule has 0 aliphatic carbocycles. The van der Waals surface area contributed by atoms with Crippen LogP contribution in [0.25, 0.3) is 0 Å². The van der Waals surface area contributed by atoms with E-state index in [-0.39, 0.29) is 15.6 Å². The molecule has 1 aromatic carbocycles. The van der Waals surface area contributed by atoms with Crippen LogP contribution in [0.15, 0.2) is 10.5 Å². The van der Waals surface area contributed by atoms with Crippen LogP contribution < -0.4 is 0 Å². The number of hydrogen-bond donors (Lipinski definition) is 0. The van der Waals surface area contributed by atoms with Crippen molar-refractivity contribution in [2.45, 2.75) is 20.0 Å². The van der Waals surface area contributed by atoms with Gasteiger partial charge in [0.1, 0.15) is 0 Å². The molecular weight excluding hydrogens is 301 g/mol. The predicted octanol–water partition coefficient (Wildman–Crippen LogP) is 3.87. The lowest BCUT2D eigenvalue weighted by Gasteiger charge is -2.16. The predicted molar refractivity (Wildman–Crippen MR) is 60.0 cm³/mol. The van der Waals surface area contributed by atoms with Gasteiger partial charge >= 0.3 is 12.1 Å². The zero-order valence-electron chi connectivity index (χ0n) is 9.41. The molecule has 2 nitrogen and oxygen atoms in total. The Labute approximate surface area is 105 Å². The summed E-state index contributed by atoms with van der Waals surface area (Å²) in [4.78, 5) is 11.4. The van der Waals surface area contributed by atoms with Crippen LogP contribution >= 0.6 is 15.9 Å². The SMILES string of the molecule is COC(=O)c1cc(C(F)(F)F)c(C)c(Br)c1C. The molecule has 0 amide bonds. The van der Waals surface area contributed by atoms with E-state index in [2.05, 4.69) is 20.7 Å². The summed E-state index contributed by atoms with van der Waals surface area (Å²) >= 11 is 3.06. The second kappa shape index (κ2) is 4.68. The molecule has 0 aliphatic rings. The summed E-state index contributed by atoms with van der Waals surface area (Å²) in [5, 5.41) is 0. The first-order valence-corrected chi connectivity index (χ1v) is 5.44. The average molecular weight is 311 g/mol. The van der Waals surface area contributed by atoms with Crippen LogP contribution in [0.2, 0.25) is 0 Å². The van der Waals surface area contributed by atoms with Crippen molar-refractivity contribution >= 4 is 21.9 Å². The lowest BCUT2D eigenvalue weighted by Crippen LogP contribution is -2.13. The molecule has 0 radical (unpaired) electrons. The van der Waals surface area contributed by atoms with Gasteiger partial charge < -0.3 is 4.74 Å². The van der Waals surface area contributed by atoms with E-state index in [1.807, 2.05) is 0 Å². The number of hydrogen-bond acceptors (Lipinski definition) is 2. The van der Waals surface area contributed by atoms with Crippen LogP contribution in [0.4, 0.5) is 13.2 Å². The Balaban J connectivity index is 3.56. The van der Waals surface area contributed by atoms with E-state index in [9.17, 15) is 18.0 Å². The third kappa shape index (κ3) is 2.62. The van der Waals surface area contributed by atoms with Crippen molar-refractivity contribution in [2.75, 3.05) is 7.11 Å². The van der Waals surface area contributed by atoms with Crippen LogP contribution in [0.5, 0.6) is 0 Å². The first kappa shape index (κ1) is 14.0. The smallest absolute Gasteiger partial charge is 0.416 e. The van der Waals surface area contributed by atoms with Gasteiger partial charge in [-0.1, -0.05) is 15.9 Å². The molecule has 0 bridgehead atoms. The highest BCUT2D eigenvalue weighted by Gasteiger charge is 2.35. The van der Waals surface area contributed by atoms with Crippen molar-refractivity contribution < 1.29 is 22.7 Å². The van der Waals surface area contributed by atoms with Crippen molar-refractivity contribution in [3.8, 4) is 0 Å². The first-order chi connectivity index (χ1) is 7.70. The summed E-state index contributed by atoms with van der Waals surface area (Å²) < 4.78 is 42.9. The number of benzene rings is 1. The Morgan fingerprint density at radius 1 is 1.29 bits per heavy atom. The van der Waals surface area contributed by atoms with E-state index in [1.165, 1.54) is 6.92 Å². The van der Waals surface area contributed by atoms with E-state index in [4.69, 9.17) is 0 Å². The highest BCUT2D eigenvalue weighted by atomic mass is 79.9. The second-order valence-electron chi connectivity index (χ2n) is 3.53. The molecule has 6 heteroatoms. The fourth-order valence-electron chi connectivity index (χ4n) is 1.49. The largest absolute Gasteiger partial charge is 0.465 e. The quantitative estimate of drug-likeness (QED) is 0.736. The lowest BCUT2D eigenvalue weighted by atomic mass is 9.99. The molecule has 17 heavy (non-hydrogen) atoms.